The highest BCUT2D eigenvalue weighted by Crippen LogP contribution is 2.35. The van der Waals surface area contributed by atoms with Crippen molar-refractivity contribution >= 4 is 42.6 Å². The number of nitrogens with zero attached hydrogens (tertiary/aromatic N) is 1. The summed E-state index contributed by atoms with van der Waals surface area (Å²) >= 11 is 3.20. The van der Waals surface area contributed by atoms with Crippen LogP contribution in [0.1, 0.15) is 24.0 Å². The van der Waals surface area contributed by atoms with E-state index in [-0.39, 0.29) is 21.9 Å². The number of ketones is 1. The number of halogens is 1. The second-order valence-electron chi connectivity index (χ2n) is 6.37. The first-order chi connectivity index (χ1) is 12.8. The van der Waals surface area contributed by atoms with Crippen LogP contribution in [0.3, 0.4) is 0 Å². The van der Waals surface area contributed by atoms with Gasteiger partial charge in [0, 0.05) is 17.5 Å². The minimum atomic E-state index is -3.80. The fourth-order valence-corrected chi connectivity index (χ4v) is 4.92. The Morgan fingerprint density at radius 1 is 1.15 bits per heavy atom. The molecule has 0 aliphatic heterocycles. The predicted octanol–water partition coefficient (Wildman–Crippen LogP) is 4.26. The molecule has 0 saturated carbocycles. The van der Waals surface area contributed by atoms with E-state index < -0.39 is 10.0 Å². The standard InChI is InChI=1S/C20H20BrNO4S/c1-13-4-6-15(7-5-13)27(24,25)22-11-10-17-16(14(2)18(23)12-21)8-9-19(26-3)20(17)22/h4-11,14H,12H2,1-3H3/t14-/m0/s1. The number of rotatable bonds is 6. The molecule has 0 saturated heterocycles. The number of methoxy groups -OCH3 is 1. The molecule has 3 aromatic rings. The van der Waals surface area contributed by atoms with Gasteiger partial charge in [-0.15, -0.1) is 0 Å². The molecule has 0 amide bonds. The van der Waals surface area contributed by atoms with Crippen molar-refractivity contribution in [2.45, 2.75) is 24.7 Å². The number of carbonyl (C=O) groups excluding carboxylic acids is 1. The normalized spacial score (nSPS) is 12.9. The van der Waals surface area contributed by atoms with Crippen LogP contribution in [0, 0.1) is 6.92 Å². The van der Waals surface area contributed by atoms with E-state index in [1.54, 1.807) is 36.4 Å². The summed E-state index contributed by atoms with van der Waals surface area (Å²) < 4.78 is 33.0. The van der Waals surface area contributed by atoms with Crippen LogP contribution in [0.2, 0.25) is 0 Å². The van der Waals surface area contributed by atoms with E-state index in [1.165, 1.54) is 17.3 Å². The Morgan fingerprint density at radius 3 is 2.41 bits per heavy atom. The molecule has 27 heavy (non-hydrogen) atoms. The fraction of sp³-hybridized carbons (Fsp3) is 0.250. The summed E-state index contributed by atoms with van der Waals surface area (Å²) in [7, 11) is -2.30. The fourth-order valence-electron chi connectivity index (χ4n) is 3.08. The lowest BCUT2D eigenvalue weighted by molar-refractivity contribution is -0.117. The minimum absolute atomic E-state index is 0.0237. The molecule has 2 aromatic carbocycles. The number of hydrogen-bond acceptors (Lipinski definition) is 4. The predicted molar refractivity (Wildman–Crippen MR) is 109 cm³/mol. The summed E-state index contributed by atoms with van der Waals surface area (Å²) in [5.74, 6) is 0.0965. The number of alkyl halides is 1. The molecule has 0 aliphatic carbocycles. The Bertz CT molecular complexity index is 1100. The molecule has 0 N–H and O–H groups in total. The van der Waals surface area contributed by atoms with E-state index in [0.29, 0.717) is 16.7 Å². The van der Waals surface area contributed by atoms with Crippen molar-refractivity contribution in [3.8, 4) is 5.75 Å². The highest BCUT2D eigenvalue weighted by molar-refractivity contribution is 9.09. The molecule has 0 radical (unpaired) electrons. The number of fused-ring (bicyclic) bond motifs is 1. The van der Waals surface area contributed by atoms with Gasteiger partial charge in [0.25, 0.3) is 10.0 Å². The molecule has 142 valence electrons. The van der Waals surface area contributed by atoms with E-state index in [9.17, 15) is 13.2 Å². The monoisotopic (exact) mass is 449 g/mol. The van der Waals surface area contributed by atoms with Gasteiger partial charge in [-0.05, 0) is 36.8 Å². The van der Waals surface area contributed by atoms with Crippen molar-refractivity contribution in [2.24, 2.45) is 0 Å². The quantitative estimate of drug-likeness (QED) is 0.527. The number of aryl methyl sites for hydroxylation is 1. The molecule has 0 spiro atoms. The summed E-state index contributed by atoms with van der Waals surface area (Å²) in [6.45, 7) is 3.72. The Morgan fingerprint density at radius 2 is 1.81 bits per heavy atom. The third kappa shape index (κ3) is 3.41. The van der Waals surface area contributed by atoms with Crippen molar-refractivity contribution in [1.82, 2.24) is 3.97 Å². The summed E-state index contributed by atoms with van der Waals surface area (Å²) in [5, 5.41) is 0.927. The van der Waals surface area contributed by atoms with Gasteiger partial charge in [-0.25, -0.2) is 12.4 Å². The van der Waals surface area contributed by atoms with Crippen LogP contribution in [0.15, 0.2) is 53.6 Å². The molecule has 3 rings (SSSR count). The Kier molecular flexibility index (Phi) is 5.44. The average molecular weight is 450 g/mol. The summed E-state index contributed by atoms with van der Waals surface area (Å²) in [6.07, 6.45) is 1.51. The zero-order valence-corrected chi connectivity index (χ0v) is 17.7. The molecule has 5 nitrogen and oxygen atoms in total. The third-order valence-corrected chi connectivity index (χ3v) is 6.93. The van der Waals surface area contributed by atoms with Crippen LogP contribution < -0.4 is 4.74 Å². The third-order valence-electron chi connectivity index (χ3n) is 4.69. The lowest BCUT2D eigenvalue weighted by atomic mass is 9.94. The van der Waals surface area contributed by atoms with Crippen LogP contribution in [0.25, 0.3) is 10.9 Å². The van der Waals surface area contributed by atoms with Crippen LogP contribution in [0.5, 0.6) is 5.75 Å². The van der Waals surface area contributed by atoms with Gasteiger partial charge in [0.2, 0.25) is 0 Å². The first-order valence-electron chi connectivity index (χ1n) is 8.40. The van der Waals surface area contributed by atoms with Gasteiger partial charge >= 0.3 is 0 Å². The highest BCUT2D eigenvalue weighted by Gasteiger charge is 2.25. The molecule has 0 aliphatic rings. The number of Topliss-reactive ketones (excluding diaryl/α,β-unsaturated/α-hetero) is 1. The van der Waals surface area contributed by atoms with Crippen molar-refractivity contribution < 1.29 is 17.9 Å². The van der Waals surface area contributed by atoms with Crippen molar-refractivity contribution in [3.63, 3.8) is 0 Å². The van der Waals surface area contributed by atoms with Crippen molar-refractivity contribution in [2.75, 3.05) is 12.4 Å². The highest BCUT2D eigenvalue weighted by atomic mass is 79.9. The smallest absolute Gasteiger partial charge is 0.268 e. The topological polar surface area (TPSA) is 65.4 Å². The Hall–Kier alpha value is -2.12. The number of ether oxygens (including phenoxy) is 1. The van der Waals surface area contributed by atoms with E-state index in [4.69, 9.17) is 4.74 Å². The molecule has 1 heterocycles. The first kappa shape index (κ1) is 19.6. The maximum atomic E-state index is 13.2. The van der Waals surface area contributed by atoms with Gasteiger partial charge in [0.15, 0.2) is 5.78 Å². The molecule has 0 unspecified atom stereocenters. The first-order valence-corrected chi connectivity index (χ1v) is 11.0. The lowest BCUT2D eigenvalue weighted by Gasteiger charge is -2.15. The van der Waals surface area contributed by atoms with E-state index in [2.05, 4.69) is 15.9 Å². The molecular weight excluding hydrogens is 430 g/mol. The lowest BCUT2D eigenvalue weighted by Crippen LogP contribution is -2.13. The zero-order chi connectivity index (χ0) is 19.8. The average Bonchev–Trinajstić information content (AvgIpc) is 3.12. The van der Waals surface area contributed by atoms with Gasteiger partial charge < -0.3 is 4.74 Å². The largest absolute Gasteiger partial charge is 0.495 e. The number of benzene rings is 2. The molecule has 0 bridgehead atoms. The van der Waals surface area contributed by atoms with Gasteiger partial charge in [0.1, 0.15) is 11.3 Å². The van der Waals surface area contributed by atoms with Crippen molar-refractivity contribution in [1.29, 1.82) is 0 Å². The molecule has 0 fully saturated rings. The Labute approximate surface area is 167 Å². The van der Waals surface area contributed by atoms with E-state index >= 15 is 0 Å². The number of carbonyl (C=O) groups is 1. The van der Waals surface area contributed by atoms with Crippen LogP contribution in [-0.4, -0.2) is 30.6 Å². The maximum Gasteiger partial charge on any atom is 0.268 e. The molecule has 7 heteroatoms. The molecule has 1 atom stereocenters. The van der Waals surface area contributed by atoms with Crippen LogP contribution in [0.4, 0.5) is 0 Å². The summed E-state index contributed by atoms with van der Waals surface area (Å²) in [5.41, 5.74) is 2.19. The molecular formula is C20H20BrNO4S. The van der Waals surface area contributed by atoms with Gasteiger partial charge in [0.05, 0.1) is 17.3 Å². The summed E-state index contributed by atoms with van der Waals surface area (Å²) in [4.78, 5) is 12.4. The van der Waals surface area contributed by atoms with Gasteiger partial charge in [-0.1, -0.05) is 46.6 Å². The number of aromatic nitrogens is 1. The summed E-state index contributed by atoms with van der Waals surface area (Å²) in [6, 6.07) is 11.9. The van der Waals surface area contributed by atoms with Crippen LogP contribution >= 0.6 is 15.9 Å². The van der Waals surface area contributed by atoms with Crippen LogP contribution in [-0.2, 0) is 14.8 Å². The molecule has 1 aromatic heterocycles. The van der Waals surface area contributed by atoms with Gasteiger partial charge in [-0.3, -0.25) is 4.79 Å². The second-order valence-corrected chi connectivity index (χ2v) is 8.75. The maximum absolute atomic E-state index is 13.2. The minimum Gasteiger partial charge on any atom is -0.495 e. The van der Waals surface area contributed by atoms with E-state index in [1.807, 2.05) is 19.9 Å². The van der Waals surface area contributed by atoms with Crippen molar-refractivity contribution in [3.05, 3.63) is 59.8 Å². The second kappa shape index (κ2) is 7.48. The Balaban J connectivity index is 2.26. The van der Waals surface area contributed by atoms with E-state index in [0.717, 1.165) is 11.1 Å². The van der Waals surface area contributed by atoms with Gasteiger partial charge in [-0.2, -0.15) is 0 Å². The number of hydrogen-bond donors (Lipinski definition) is 0. The zero-order valence-electron chi connectivity index (χ0n) is 15.3. The SMILES string of the molecule is COc1ccc([C@H](C)C(=O)CBr)c2ccn(S(=O)(=O)c3ccc(C)cc3)c12.